The summed E-state index contributed by atoms with van der Waals surface area (Å²) in [5, 5.41) is 2.87. The Balaban J connectivity index is 2.06. The van der Waals surface area contributed by atoms with Gasteiger partial charge in [0.15, 0.2) is 0 Å². The van der Waals surface area contributed by atoms with E-state index in [1.54, 1.807) is 56.5 Å². The Morgan fingerprint density at radius 3 is 2.12 bits per heavy atom. The highest BCUT2D eigenvalue weighted by molar-refractivity contribution is 7.92. The molecule has 0 aliphatic carbocycles. The van der Waals surface area contributed by atoms with Gasteiger partial charge in [-0.15, -0.1) is 0 Å². The van der Waals surface area contributed by atoms with Crippen LogP contribution in [0.5, 0.6) is 17.2 Å². The Hall–Kier alpha value is -4.25. The van der Waals surface area contributed by atoms with Gasteiger partial charge in [-0.2, -0.15) is 0 Å². The Morgan fingerprint density at radius 1 is 0.833 bits per heavy atom. The van der Waals surface area contributed by atoms with E-state index >= 15 is 0 Å². The van der Waals surface area contributed by atoms with Crippen LogP contribution in [0.15, 0.2) is 77.7 Å². The van der Waals surface area contributed by atoms with Crippen LogP contribution in [0.4, 0.5) is 5.69 Å². The van der Waals surface area contributed by atoms with Crippen LogP contribution in [-0.2, 0) is 26.2 Å². The average Bonchev–Trinajstić information content (AvgIpc) is 3.00. The Morgan fingerprint density at radius 2 is 1.50 bits per heavy atom. The average molecular weight is 598 g/mol. The normalized spacial score (nSPS) is 11.9. The van der Waals surface area contributed by atoms with E-state index in [9.17, 15) is 18.0 Å². The minimum absolute atomic E-state index is 0.0379. The number of nitrogens with one attached hydrogen (secondary N) is 1. The van der Waals surface area contributed by atoms with Gasteiger partial charge in [0.1, 0.15) is 29.8 Å². The molecule has 3 rings (SSSR count). The second-order valence-corrected chi connectivity index (χ2v) is 11.9. The molecule has 11 heteroatoms. The first-order valence-corrected chi connectivity index (χ1v) is 15.0. The molecular formula is C31H39N3O7S. The van der Waals surface area contributed by atoms with Gasteiger partial charge in [0.2, 0.25) is 11.8 Å². The highest BCUT2D eigenvalue weighted by Gasteiger charge is 2.33. The molecule has 1 N–H and O–H groups in total. The smallest absolute Gasteiger partial charge is 0.264 e. The fraction of sp³-hybridized carbons (Fsp3) is 0.355. The van der Waals surface area contributed by atoms with Gasteiger partial charge in [0.05, 0.1) is 31.9 Å². The highest BCUT2D eigenvalue weighted by Crippen LogP contribution is 2.33. The number of nitrogens with zero attached hydrogens (tertiary/aromatic N) is 2. The van der Waals surface area contributed by atoms with Gasteiger partial charge >= 0.3 is 0 Å². The van der Waals surface area contributed by atoms with Crippen LogP contribution in [0.25, 0.3) is 0 Å². The lowest BCUT2D eigenvalue weighted by Gasteiger charge is -2.32. The van der Waals surface area contributed by atoms with Gasteiger partial charge in [-0.25, -0.2) is 8.42 Å². The summed E-state index contributed by atoms with van der Waals surface area (Å²) < 4.78 is 45.1. The molecule has 0 spiro atoms. The number of amides is 2. The van der Waals surface area contributed by atoms with E-state index in [2.05, 4.69) is 5.32 Å². The number of hydrogen-bond acceptors (Lipinski definition) is 7. The summed E-state index contributed by atoms with van der Waals surface area (Å²) in [7, 11) is 0.190. The lowest BCUT2D eigenvalue weighted by atomic mass is 10.1. The maximum Gasteiger partial charge on any atom is 0.264 e. The van der Waals surface area contributed by atoms with E-state index in [1.165, 1.54) is 43.4 Å². The van der Waals surface area contributed by atoms with E-state index in [1.807, 2.05) is 19.9 Å². The molecule has 3 aromatic carbocycles. The van der Waals surface area contributed by atoms with E-state index in [0.29, 0.717) is 23.6 Å². The third-order valence-electron chi connectivity index (χ3n) is 6.62. The second-order valence-electron chi connectivity index (χ2n) is 10.0. The summed E-state index contributed by atoms with van der Waals surface area (Å²) in [6.45, 7) is 5.47. The topological polar surface area (TPSA) is 114 Å². The number of anilines is 1. The summed E-state index contributed by atoms with van der Waals surface area (Å²) in [6, 6.07) is 18.7. The molecule has 0 fully saturated rings. The first kappa shape index (κ1) is 32.3. The van der Waals surface area contributed by atoms with Crippen LogP contribution in [0.3, 0.4) is 0 Å². The van der Waals surface area contributed by atoms with Crippen molar-refractivity contribution in [1.29, 1.82) is 0 Å². The molecule has 3 aromatic rings. The van der Waals surface area contributed by atoms with Crippen molar-refractivity contribution in [2.75, 3.05) is 38.7 Å². The van der Waals surface area contributed by atoms with E-state index < -0.39 is 28.5 Å². The summed E-state index contributed by atoms with van der Waals surface area (Å²) in [5.41, 5.74) is 0.899. The van der Waals surface area contributed by atoms with E-state index in [0.717, 1.165) is 4.31 Å². The van der Waals surface area contributed by atoms with Crippen LogP contribution >= 0.6 is 0 Å². The van der Waals surface area contributed by atoms with Crippen molar-refractivity contribution in [2.24, 2.45) is 5.92 Å². The maximum atomic E-state index is 14.1. The standard InChI is InChI=1S/C31H39N3O7S/c1-22(2)19-32-31(36)23(3)33(20-24-10-9-11-26(18-24)40-5)30(35)21-34(28-12-7-8-13-29(28)41-6)42(37,38)27-16-14-25(39-4)15-17-27/h7-18,22-23H,19-21H2,1-6H3,(H,32,36). The number of methoxy groups -OCH3 is 3. The third-order valence-corrected chi connectivity index (χ3v) is 8.39. The van der Waals surface area contributed by atoms with Crippen LogP contribution < -0.4 is 23.8 Å². The quantitative estimate of drug-likeness (QED) is 0.298. The molecule has 10 nitrogen and oxygen atoms in total. The predicted molar refractivity (Wildman–Crippen MR) is 161 cm³/mol. The number of sulfonamides is 1. The molecule has 42 heavy (non-hydrogen) atoms. The predicted octanol–water partition coefficient (Wildman–Crippen LogP) is 4.10. The maximum absolute atomic E-state index is 14.1. The van der Waals surface area contributed by atoms with Crippen molar-refractivity contribution in [3.05, 3.63) is 78.4 Å². The molecule has 0 saturated carbocycles. The molecular weight excluding hydrogens is 558 g/mol. The summed E-state index contributed by atoms with van der Waals surface area (Å²) in [6.07, 6.45) is 0. The Kier molecular flexibility index (Phi) is 11.2. The number of benzene rings is 3. The fourth-order valence-corrected chi connectivity index (χ4v) is 5.65. The lowest BCUT2D eigenvalue weighted by molar-refractivity contribution is -0.139. The summed E-state index contributed by atoms with van der Waals surface area (Å²) in [5.74, 6) is 0.632. The molecule has 0 heterocycles. The molecule has 0 aliphatic rings. The second kappa shape index (κ2) is 14.6. The Labute approximate surface area is 248 Å². The number of carbonyl (C=O) groups is 2. The summed E-state index contributed by atoms with van der Waals surface area (Å²) in [4.78, 5) is 28.6. The molecule has 1 atom stereocenters. The minimum atomic E-state index is -4.26. The molecule has 1 unspecified atom stereocenters. The molecule has 2 amide bonds. The SMILES string of the molecule is COc1ccc(S(=O)(=O)N(CC(=O)N(Cc2cccc(OC)c2)C(C)C(=O)NCC(C)C)c2ccccc2OC)cc1. The number of ether oxygens (including phenoxy) is 3. The molecule has 226 valence electrons. The van der Waals surface area contributed by atoms with Crippen molar-refractivity contribution < 1.29 is 32.2 Å². The van der Waals surface area contributed by atoms with Gasteiger partial charge in [-0.05, 0) is 66.9 Å². The number of rotatable bonds is 14. The zero-order valence-electron chi connectivity index (χ0n) is 24.9. The van der Waals surface area contributed by atoms with Gasteiger partial charge in [-0.3, -0.25) is 13.9 Å². The highest BCUT2D eigenvalue weighted by atomic mass is 32.2. The van der Waals surface area contributed by atoms with Crippen LogP contribution in [0.2, 0.25) is 0 Å². The lowest BCUT2D eigenvalue weighted by Crippen LogP contribution is -2.51. The molecule has 0 aromatic heterocycles. The minimum Gasteiger partial charge on any atom is -0.497 e. The van der Waals surface area contributed by atoms with Crippen LogP contribution in [-0.4, -0.2) is 65.6 Å². The van der Waals surface area contributed by atoms with Crippen molar-refractivity contribution >= 4 is 27.5 Å². The van der Waals surface area contributed by atoms with Crippen LogP contribution in [0.1, 0.15) is 26.3 Å². The van der Waals surface area contributed by atoms with Gasteiger partial charge in [0, 0.05) is 13.1 Å². The summed E-state index contributed by atoms with van der Waals surface area (Å²) >= 11 is 0. The number of hydrogen-bond donors (Lipinski definition) is 1. The van der Waals surface area contributed by atoms with Gasteiger partial charge < -0.3 is 24.4 Å². The van der Waals surface area contributed by atoms with Crippen molar-refractivity contribution in [2.45, 2.75) is 38.3 Å². The van der Waals surface area contributed by atoms with E-state index in [-0.39, 0.29) is 34.7 Å². The third kappa shape index (κ3) is 7.94. The van der Waals surface area contributed by atoms with E-state index in [4.69, 9.17) is 14.2 Å². The number of carbonyl (C=O) groups excluding carboxylic acids is 2. The Bertz CT molecular complexity index is 1460. The fourth-order valence-electron chi connectivity index (χ4n) is 4.23. The van der Waals surface area contributed by atoms with Crippen molar-refractivity contribution in [3.8, 4) is 17.2 Å². The molecule has 0 saturated heterocycles. The first-order chi connectivity index (χ1) is 20.0. The monoisotopic (exact) mass is 597 g/mol. The largest absolute Gasteiger partial charge is 0.497 e. The first-order valence-electron chi connectivity index (χ1n) is 13.5. The van der Waals surface area contributed by atoms with Crippen molar-refractivity contribution in [3.63, 3.8) is 0 Å². The zero-order chi connectivity index (χ0) is 30.9. The number of para-hydroxylation sites is 2. The zero-order valence-corrected chi connectivity index (χ0v) is 25.7. The molecule has 0 bridgehead atoms. The molecule has 0 radical (unpaired) electrons. The van der Waals surface area contributed by atoms with Crippen molar-refractivity contribution in [1.82, 2.24) is 10.2 Å². The van der Waals surface area contributed by atoms with Gasteiger partial charge in [-0.1, -0.05) is 38.1 Å². The van der Waals surface area contributed by atoms with Crippen LogP contribution in [0, 0.1) is 5.92 Å². The molecule has 0 aliphatic heterocycles. The van der Waals surface area contributed by atoms with Gasteiger partial charge in [0.25, 0.3) is 10.0 Å².